The third-order valence-electron chi connectivity index (χ3n) is 4.74. The molecule has 4 aromatic rings. The molecule has 0 aliphatic carbocycles. The van der Waals surface area contributed by atoms with Crippen molar-refractivity contribution in [2.24, 2.45) is 0 Å². The fraction of sp³-hybridized carbons (Fsp3) is 0.120. The Morgan fingerprint density at radius 2 is 1.64 bits per heavy atom. The molecular weight excluding hydrogens is 424 g/mol. The number of ketones is 1. The van der Waals surface area contributed by atoms with Crippen LogP contribution in [0.25, 0.3) is 11.1 Å². The van der Waals surface area contributed by atoms with E-state index >= 15 is 0 Å². The van der Waals surface area contributed by atoms with E-state index in [-0.39, 0.29) is 36.1 Å². The van der Waals surface area contributed by atoms with Crippen LogP contribution in [0.3, 0.4) is 0 Å². The molecule has 0 saturated carbocycles. The number of rotatable bonds is 7. The lowest BCUT2D eigenvalue weighted by atomic mass is 9.98. The maximum atomic E-state index is 13.2. The first kappa shape index (κ1) is 21.8. The Morgan fingerprint density at radius 3 is 2.39 bits per heavy atom. The molecule has 1 N–H and O–H groups in total. The van der Waals surface area contributed by atoms with Crippen LogP contribution in [-0.2, 0) is 16.1 Å². The first-order valence-electron chi connectivity index (χ1n) is 10.2. The highest BCUT2D eigenvalue weighted by molar-refractivity contribution is 6.15. The fourth-order valence-corrected chi connectivity index (χ4v) is 3.19. The van der Waals surface area contributed by atoms with Gasteiger partial charge in [-0.2, -0.15) is 4.98 Å². The highest BCUT2D eigenvalue weighted by Crippen LogP contribution is 2.23. The summed E-state index contributed by atoms with van der Waals surface area (Å²) in [6, 6.07) is 20.4. The Morgan fingerprint density at radius 1 is 0.909 bits per heavy atom. The number of carbonyl (C=O) groups excluding carboxylic acids is 3. The number of hydrogen-bond donors (Lipinski definition) is 1. The van der Waals surface area contributed by atoms with Gasteiger partial charge in [0.25, 0.3) is 0 Å². The average Bonchev–Trinajstić information content (AvgIpc) is 3.24. The summed E-state index contributed by atoms with van der Waals surface area (Å²) >= 11 is 0. The van der Waals surface area contributed by atoms with Crippen LogP contribution in [0.15, 0.2) is 77.2 Å². The van der Waals surface area contributed by atoms with Crippen LogP contribution in [0.2, 0.25) is 0 Å². The molecule has 8 heteroatoms. The Hall–Kier alpha value is -4.46. The molecule has 0 fully saturated rings. The molecule has 4 rings (SSSR count). The van der Waals surface area contributed by atoms with Gasteiger partial charge in [-0.15, -0.1) is 0 Å². The Bertz CT molecular complexity index is 1310. The van der Waals surface area contributed by atoms with Gasteiger partial charge in [-0.1, -0.05) is 48.5 Å². The monoisotopic (exact) mass is 444 g/mol. The standard InChI is InChI=1S/C25H20N2O6/c1-2-31-25(30)27-24-26-20-13-12-17(14-21(20)33-24)22(28)18-10-6-7-11-19(18)23(29)32-15-16-8-4-3-5-9-16/h3-14H,2,15H2,1H3,(H,26,27,30). The molecule has 0 unspecified atom stereocenters. The summed E-state index contributed by atoms with van der Waals surface area (Å²) in [6.07, 6.45) is -0.691. The Kier molecular flexibility index (Phi) is 6.45. The zero-order valence-electron chi connectivity index (χ0n) is 17.7. The van der Waals surface area contributed by atoms with Gasteiger partial charge in [-0.25, -0.2) is 14.9 Å². The number of hydrogen-bond acceptors (Lipinski definition) is 7. The predicted molar refractivity (Wildman–Crippen MR) is 120 cm³/mol. The van der Waals surface area contributed by atoms with Gasteiger partial charge in [-0.3, -0.25) is 4.79 Å². The number of esters is 1. The number of ether oxygens (including phenoxy) is 2. The summed E-state index contributed by atoms with van der Waals surface area (Å²) < 4.78 is 15.7. The molecule has 0 aliphatic heterocycles. The van der Waals surface area contributed by atoms with Crippen molar-refractivity contribution in [1.29, 1.82) is 0 Å². The van der Waals surface area contributed by atoms with Gasteiger partial charge in [0.1, 0.15) is 12.1 Å². The minimum absolute atomic E-state index is 0.0436. The quantitative estimate of drug-likeness (QED) is 0.316. The van der Waals surface area contributed by atoms with Crippen molar-refractivity contribution in [2.45, 2.75) is 13.5 Å². The highest BCUT2D eigenvalue weighted by Gasteiger charge is 2.20. The third-order valence-corrected chi connectivity index (χ3v) is 4.74. The third kappa shape index (κ3) is 5.07. The molecule has 0 aliphatic rings. The van der Waals surface area contributed by atoms with Crippen molar-refractivity contribution in [2.75, 3.05) is 11.9 Å². The number of aromatic nitrogens is 1. The van der Waals surface area contributed by atoms with E-state index in [2.05, 4.69) is 10.3 Å². The lowest BCUT2D eigenvalue weighted by molar-refractivity contribution is 0.0470. The molecule has 1 heterocycles. The maximum Gasteiger partial charge on any atom is 0.415 e. The van der Waals surface area contributed by atoms with E-state index in [1.54, 1.807) is 43.3 Å². The lowest BCUT2D eigenvalue weighted by Gasteiger charge is -2.09. The number of fused-ring (bicyclic) bond motifs is 1. The molecule has 33 heavy (non-hydrogen) atoms. The van der Waals surface area contributed by atoms with Gasteiger partial charge in [0.05, 0.1) is 12.2 Å². The number of amides is 1. The van der Waals surface area contributed by atoms with Gasteiger partial charge >= 0.3 is 18.1 Å². The van der Waals surface area contributed by atoms with Crippen molar-refractivity contribution < 1.29 is 28.3 Å². The summed E-state index contributed by atoms with van der Waals surface area (Å²) in [7, 11) is 0. The van der Waals surface area contributed by atoms with Crippen LogP contribution < -0.4 is 5.32 Å². The van der Waals surface area contributed by atoms with Crippen molar-refractivity contribution in [3.63, 3.8) is 0 Å². The van der Waals surface area contributed by atoms with Crippen LogP contribution in [0.4, 0.5) is 10.8 Å². The molecule has 0 bridgehead atoms. The Balaban J connectivity index is 1.55. The second-order valence-corrected chi connectivity index (χ2v) is 6.98. The molecular formula is C25H20N2O6. The number of nitrogens with zero attached hydrogens (tertiary/aromatic N) is 1. The van der Waals surface area contributed by atoms with Crippen molar-refractivity contribution >= 4 is 35.0 Å². The minimum Gasteiger partial charge on any atom is -0.457 e. The molecule has 3 aromatic carbocycles. The number of nitrogens with one attached hydrogen (secondary N) is 1. The fourth-order valence-electron chi connectivity index (χ4n) is 3.19. The molecule has 8 nitrogen and oxygen atoms in total. The van der Waals surface area contributed by atoms with Crippen LogP contribution in [-0.4, -0.2) is 29.4 Å². The van der Waals surface area contributed by atoms with Crippen LogP contribution in [0.1, 0.15) is 38.8 Å². The zero-order valence-corrected chi connectivity index (χ0v) is 17.7. The van der Waals surface area contributed by atoms with Crippen molar-refractivity contribution in [3.05, 3.63) is 95.1 Å². The zero-order chi connectivity index (χ0) is 23.2. The summed E-state index contributed by atoms with van der Waals surface area (Å²) in [5.74, 6) is -0.968. The number of carbonyl (C=O) groups is 3. The minimum atomic E-state index is -0.691. The predicted octanol–water partition coefficient (Wildman–Crippen LogP) is 4.98. The largest absolute Gasteiger partial charge is 0.457 e. The first-order chi connectivity index (χ1) is 16.0. The number of oxazole rings is 1. The van der Waals surface area contributed by atoms with E-state index in [9.17, 15) is 14.4 Å². The van der Waals surface area contributed by atoms with Crippen molar-refractivity contribution in [3.8, 4) is 0 Å². The van der Waals surface area contributed by atoms with E-state index < -0.39 is 12.1 Å². The molecule has 1 aromatic heterocycles. The number of benzene rings is 3. The molecule has 0 saturated heterocycles. The summed E-state index contributed by atoms with van der Waals surface area (Å²) in [5, 5.41) is 2.38. The molecule has 1 amide bonds. The first-order valence-corrected chi connectivity index (χ1v) is 10.2. The second kappa shape index (κ2) is 9.78. The average molecular weight is 444 g/mol. The number of anilines is 1. The smallest absolute Gasteiger partial charge is 0.415 e. The normalized spacial score (nSPS) is 10.6. The van der Waals surface area contributed by atoms with E-state index in [4.69, 9.17) is 13.9 Å². The van der Waals surface area contributed by atoms with Gasteiger partial charge in [0, 0.05) is 11.1 Å². The topological polar surface area (TPSA) is 108 Å². The molecule has 0 atom stereocenters. The molecule has 166 valence electrons. The van der Waals surface area contributed by atoms with E-state index in [1.165, 1.54) is 6.07 Å². The second-order valence-electron chi connectivity index (χ2n) is 6.98. The lowest BCUT2D eigenvalue weighted by Crippen LogP contribution is -2.13. The SMILES string of the molecule is CCOC(=O)Nc1nc2ccc(C(=O)c3ccccc3C(=O)OCc3ccccc3)cc2o1. The summed E-state index contributed by atoms with van der Waals surface area (Å²) in [5.41, 5.74) is 2.27. The molecule has 0 radical (unpaired) electrons. The van der Waals surface area contributed by atoms with E-state index in [1.807, 2.05) is 30.3 Å². The van der Waals surface area contributed by atoms with Crippen LogP contribution in [0, 0.1) is 0 Å². The van der Waals surface area contributed by atoms with Crippen LogP contribution >= 0.6 is 0 Å². The summed E-state index contributed by atoms with van der Waals surface area (Å²) in [4.78, 5) is 41.6. The van der Waals surface area contributed by atoms with E-state index in [0.29, 0.717) is 16.7 Å². The van der Waals surface area contributed by atoms with Gasteiger partial charge < -0.3 is 13.9 Å². The van der Waals surface area contributed by atoms with Crippen LogP contribution in [0.5, 0.6) is 0 Å². The Labute approximate surface area is 189 Å². The van der Waals surface area contributed by atoms with Gasteiger partial charge in [0.15, 0.2) is 11.4 Å². The summed E-state index contributed by atoms with van der Waals surface area (Å²) in [6.45, 7) is 1.99. The van der Waals surface area contributed by atoms with Gasteiger partial charge in [0.2, 0.25) is 0 Å². The maximum absolute atomic E-state index is 13.2. The van der Waals surface area contributed by atoms with Gasteiger partial charge in [-0.05, 0) is 36.8 Å². The molecule has 0 spiro atoms. The highest BCUT2D eigenvalue weighted by atomic mass is 16.6. The van der Waals surface area contributed by atoms with E-state index in [0.717, 1.165) is 5.56 Å². The van der Waals surface area contributed by atoms with Crippen molar-refractivity contribution in [1.82, 2.24) is 4.98 Å².